The number of anilines is 1. The van der Waals surface area contributed by atoms with Gasteiger partial charge in [0.05, 0.1) is 0 Å². The van der Waals surface area contributed by atoms with E-state index in [1.807, 2.05) is 6.07 Å². The third-order valence-electron chi connectivity index (χ3n) is 2.84. The molecule has 1 aromatic rings. The van der Waals surface area contributed by atoms with Gasteiger partial charge in [-0.2, -0.15) is 0 Å². The highest BCUT2D eigenvalue weighted by Crippen LogP contribution is 2.27. The highest BCUT2D eigenvalue weighted by atomic mass is 14.8. The highest BCUT2D eigenvalue weighted by molar-refractivity contribution is 5.31. The monoisotopic (exact) mass is 176 g/mol. The first-order valence-corrected chi connectivity index (χ1v) is 5.05. The maximum atomic E-state index is 5.62. The average Bonchev–Trinajstić information content (AvgIpc) is 2.57. The molecule has 0 amide bonds. The molecule has 2 nitrogen and oxygen atoms in total. The fourth-order valence-corrected chi connectivity index (χ4v) is 2.17. The second kappa shape index (κ2) is 3.77. The van der Waals surface area contributed by atoms with Crippen LogP contribution < -0.4 is 5.73 Å². The molecule has 0 spiro atoms. The van der Waals surface area contributed by atoms with Crippen LogP contribution in [-0.2, 0) is 6.42 Å². The van der Waals surface area contributed by atoms with Crippen LogP contribution in [0.1, 0.15) is 31.2 Å². The minimum atomic E-state index is 0.649. The first-order valence-electron chi connectivity index (χ1n) is 5.05. The number of hydrogen-bond donors (Lipinski definition) is 1. The smallest absolute Gasteiger partial charge is 0.123 e. The Labute approximate surface area is 79.2 Å². The van der Waals surface area contributed by atoms with Crippen molar-refractivity contribution in [3.8, 4) is 0 Å². The number of nitrogen functional groups attached to an aromatic ring is 1. The van der Waals surface area contributed by atoms with E-state index in [0.717, 1.165) is 5.92 Å². The molecule has 0 saturated heterocycles. The molecule has 1 saturated carbocycles. The van der Waals surface area contributed by atoms with Gasteiger partial charge in [0.25, 0.3) is 0 Å². The molecular formula is C11H16N2. The van der Waals surface area contributed by atoms with Crippen LogP contribution in [0.15, 0.2) is 18.3 Å². The zero-order valence-electron chi connectivity index (χ0n) is 7.87. The van der Waals surface area contributed by atoms with Crippen molar-refractivity contribution in [2.24, 2.45) is 5.92 Å². The molecule has 0 unspecified atom stereocenters. The van der Waals surface area contributed by atoms with E-state index in [1.165, 1.54) is 37.7 Å². The summed E-state index contributed by atoms with van der Waals surface area (Å²) in [4.78, 5) is 3.99. The Hall–Kier alpha value is -1.05. The molecule has 70 valence electrons. The highest BCUT2D eigenvalue weighted by Gasteiger charge is 2.15. The standard InChI is InChI=1S/C11H16N2/c12-11-8-10(5-6-13-11)7-9-3-1-2-4-9/h5-6,8-9H,1-4,7H2,(H2,12,13). The Bertz CT molecular complexity index is 277. The first kappa shape index (κ1) is 8.54. The maximum absolute atomic E-state index is 5.62. The van der Waals surface area contributed by atoms with Crippen LogP contribution in [0.4, 0.5) is 5.82 Å². The summed E-state index contributed by atoms with van der Waals surface area (Å²) >= 11 is 0. The van der Waals surface area contributed by atoms with Crippen molar-refractivity contribution in [3.63, 3.8) is 0 Å². The summed E-state index contributed by atoms with van der Waals surface area (Å²) in [6, 6.07) is 4.08. The summed E-state index contributed by atoms with van der Waals surface area (Å²) < 4.78 is 0. The van der Waals surface area contributed by atoms with Gasteiger partial charge in [-0.15, -0.1) is 0 Å². The lowest BCUT2D eigenvalue weighted by Crippen LogP contribution is -2.00. The molecule has 1 aliphatic carbocycles. The molecule has 2 N–H and O–H groups in total. The van der Waals surface area contributed by atoms with Crippen LogP contribution in [0.5, 0.6) is 0 Å². The van der Waals surface area contributed by atoms with Crippen molar-refractivity contribution in [1.29, 1.82) is 0 Å². The SMILES string of the molecule is Nc1cc(CC2CCCC2)ccn1. The first-order chi connectivity index (χ1) is 6.34. The van der Waals surface area contributed by atoms with Crippen molar-refractivity contribution < 1.29 is 0 Å². The van der Waals surface area contributed by atoms with E-state index in [1.54, 1.807) is 6.20 Å². The number of nitrogens with two attached hydrogens (primary N) is 1. The number of nitrogens with zero attached hydrogens (tertiary/aromatic N) is 1. The largest absolute Gasteiger partial charge is 0.384 e. The molecule has 2 heteroatoms. The lowest BCUT2D eigenvalue weighted by Gasteiger charge is -2.08. The van der Waals surface area contributed by atoms with Crippen LogP contribution in [0.2, 0.25) is 0 Å². The Balaban J connectivity index is 2.00. The van der Waals surface area contributed by atoms with Gasteiger partial charge < -0.3 is 5.73 Å². The predicted molar refractivity (Wildman–Crippen MR) is 54.3 cm³/mol. The topological polar surface area (TPSA) is 38.9 Å². The Morgan fingerprint density at radius 3 is 2.85 bits per heavy atom. The minimum absolute atomic E-state index is 0.649. The van der Waals surface area contributed by atoms with Gasteiger partial charge >= 0.3 is 0 Å². The van der Waals surface area contributed by atoms with Gasteiger partial charge in [-0.1, -0.05) is 25.7 Å². The van der Waals surface area contributed by atoms with E-state index in [-0.39, 0.29) is 0 Å². The molecule has 0 atom stereocenters. The van der Waals surface area contributed by atoms with Gasteiger partial charge in [-0.25, -0.2) is 4.98 Å². The van der Waals surface area contributed by atoms with Gasteiger partial charge in [-0.05, 0) is 30.0 Å². The molecule has 2 rings (SSSR count). The minimum Gasteiger partial charge on any atom is -0.384 e. The van der Waals surface area contributed by atoms with E-state index in [2.05, 4.69) is 11.1 Å². The number of aromatic nitrogens is 1. The van der Waals surface area contributed by atoms with Gasteiger partial charge in [0.15, 0.2) is 0 Å². The van der Waals surface area contributed by atoms with Crippen molar-refractivity contribution in [1.82, 2.24) is 4.98 Å². The predicted octanol–water partition coefficient (Wildman–Crippen LogP) is 2.40. The Morgan fingerprint density at radius 2 is 2.15 bits per heavy atom. The van der Waals surface area contributed by atoms with Gasteiger partial charge in [0, 0.05) is 6.20 Å². The molecule has 1 fully saturated rings. The summed E-state index contributed by atoms with van der Waals surface area (Å²) in [6.07, 6.45) is 8.59. The third-order valence-corrected chi connectivity index (χ3v) is 2.84. The summed E-state index contributed by atoms with van der Waals surface area (Å²) in [5, 5.41) is 0. The second-order valence-electron chi connectivity index (χ2n) is 3.94. The molecule has 0 radical (unpaired) electrons. The molecule has 0 aliphatic heterocycles. The molecular weight excluding hydrogens is 160 g/mol. The van der Waals surface area contributed by atoms with Gasteiger partial charge in [0.2, 0.25) is 0 Å². The van der Waals surface area contributed by atoms with E-state index < -0.39 is 0 Å². The van der Waals surface area contributed by atoms with Gasteiger partial charge in [-0.3, -0.25) is 0 Å². The van der Waals surface area contributed by atoms with Crippen LogP contribution in [0, 0.1) is 5.92 Å². The van der Waals surface area contributed by atoms with Crippen molar-refractivity contribution in [3.05, 3.63) is 23.9 Å². The van der Waals surface area contributed by atoms with E-state index >= 15 is 0 Å². The number of hydrogen-bond acceptors (Lipinski definition) is 2. The molecule has 1 aromatic heterocycles. The Morgan fingerprint density at radius 1 is 1.38 bits per heavy atom. The summed E-state index contributed by atoms with van der Waals surface area (Å²) in [7, 11) is 0. The summed E-state index contributed by atoms with van der Waals surface area (Å²) in [5.41, 5.74) is 6.97. The lowest BCUT2D eigenvalue weighted by molar-refractivity contribution is 0.546. The lowest BCUT2D eigenvalue weighted by atomic mass is 9.99. The fraction of sp³-hybridized carbons (Fsp3) is 0.545. The molecule has 0 aromatic carbocycles. The molecule has 0 bridgehead atoms. The van der Waals surface area contributed by atoms with Crippen LogP contribution >= 0.6 is 0 Å². The second-order valence-corrected chi connectivity index (χ2v) is 3.94. The third kappa shape index (κ3) is 2.20. The maximum Gasteiger partial charge on any atom is 0.123 e. The van der Waals surface area contributed by atoms with Gasteiger partial charge in [0.1, 0.15) is 5.82 Å². The van der Waals surface area contributed by atoms with Crippen molar-refractivity contribution >= 4 is 5.82 Å². The summed E-state index contributed by atoms with van der Waals surface area (Å²) in [6.45, 7) is 0. The zero-order chi connectivity index (χ0) is 9.10. The molecule has 1 heterocycles. The van der Waals surface area contributed by atoms with Crippen molar-refractivity contribution in [2.75, 3.05) is 5.73 Å². The van der Waals surface area contributed by atoms with Crippen LogP contribution in [0.25, 0.3) is 0 Å². The number of pyridine rings is 1. The normalized spacial score (nSPS) is 17.8. The van der Waals surface area contributed by atoms with Crippen LogP contribution in [-0.4, -0.2) is 4.98 Å². The molecule has 1 aliphatic rings. The summed E-state index contributed by atoms with van der Waals surface area (Å²) in [5.74, 6) is 1.54. The van der Waals surface area contributed by atoms with Crippen molar-refractivity contribution in [2.45, 2.75) is 32.1 Å². The Kier molecular flexibility index (Phi) is 2.48. The van der Waals surface area contributed by atoms with Crippen LogP contribution in [0.3, 0.4) is 0 Å². The van der Waals surface area contributed by atoms with E-state index in [0.29, 0.717) is 5.82 Å². The number of rotatable bonds is 2. The average molecular weight is 176 g/mol. The zero-order valence-corrected chi connectivity index (χ0v) is 7.87. The van der Waals surface area contributed by atoms with E-state index in [4.69, 9.17) is 5.73 Å². The quantitative estimate of drug-likeness (QED) is 0.751. The fourth-order valence-electron chi connectivity index (χ4n) is 2.17. The molecule has 13 heavy (non-hydrogen) atoms. The van der Waals surface area contributed by atoms with E-state index in [9.17, 15) is 0 Å².